The predicted molar refractivity (Wildman–Crippen MR) is 119 cm³/mol. The molecule has 6 heteroatoms. The van der Waals surface area contributed by atoms with Gasteiger partial charge in [0, 0.05) is 5.56 Å². The fourth-order valence-corrected chi connectivity index (χ4v) is 4.14. The van der Waals surface area contributed by atoms with Crippen LogP contribution in [-0.2, 0) is 9.47 Å². The highest BCUT2D eigenvalue weighted by molar-refractivity contribution is 6.13. The van der Waals surface area contributed by atoms with Crippen LogP contribution < -0.4 is 4.74 Å². The van der Waals surface area contributed by atoms with Gasteiger partial charge in [0.2, 0.25) is 0 Å². The van der Waals surface area contributed by atoms with Gasteiger partial charge < -0.3 is 18.8 Å². The van der Waals surface area contributed by atoms with Crippen LogP contribution in [0.2, 0.25) is 0 Å². The minimum absolute atomic E-state index is 0.131. The molecule has 6 nitrogen and oxygen atoms in total. The summed E-state index contributed by atoms with van der Waals surface area (Å²) in [5.74, 6) is -0.0951. The summed E-state index contributed by atoms with van der Waals surface area (Å²) in [4.78, 5) is 26.2. The summed E-state index contributed by atoms with van der Waals surface area (Å²) >= 11 is 0. The monoisotopic (exact) mass is 425 g/mol. The molecule has 32 heavy (non-hydrogen) atoms. The maximum Gasteiger partial charge on any atom is 0.340 e. The highest BCUT2D eigenvalue weighted by atomic mass is 16.5. The van der Waals surface area contributed by atoms with E-state index >= 15 is 0 Å². The summed E-state index contributed by atoms with van der Waals surface area (Å²) in [5.41, 5.74) is 3.42. The Bertz CT molecular complexity index is 1350. The number of carbonyl (C=O) groups is 2. The number of rotatable bonds is 3. The topological polar surface area (TPSA) is 66.8 Å². The molecule has 0 amide bonds. The SMILES string of the molecule is COC(=O)c1c(C(=O)OC)c2n(c1-c1ccccc1)-c1ccccc1Oc1ccccc1-2. The van der Waals surface area contributed by atoms with Crippen LogP contribution in [0.25, 0.3) is 28.2 Å². The van der Waals surface area contributed by atoms with Crippen LogP contribution in [0.4, 0.5) is 0 Å². The molecule has 0 atom stereocenters. The summed E-state index contributed by atoms with van der Waals surface area (Å²) in [6.07, 6.45) is 0. The highest BCUT2D eigenvalue weighted by Gasteiger charge is 2.37. The third kappa shape index (κ3) is 2.88. The molecule has 1 aromatic heterocycles. The van der Waals surface area contributed by atoms with E-state index in [0.29, 0.717) is 34.1 Å². The van der Waals surface area contributed by atoms with Crippen molar-refractivity contribution in [1.29, 1.82) is 0 Å². The number of hydrogen-bond acceptors (Lipinski definition) is 5. The molecule has 0 unspecified atom stereocenters. The van der Waals surface area contributed by atoms with E-state index in [0.717, 1.165) is 5.56 Å². The second-order valence-electron chi connectivity index (χ2n) is 7.20. The molecule has 5 rings (SSSR count). The van der Waals surface area contributed by atoms with E-state index in [1.165, 1.54) is 14.2 Å². The number of nitrogens with zero attached hydrogens (tertiary/aromatic N) is 1. The van der Waals surface area contributed by atoms with Gasteiger partial charge in [0.1, 0.15) is 16.9 Å². The van der Waals surface area contributed by atoms with Crippen LogP contribution in [0.3, 0.4) is 0 Å². The van der Waals surface area contributed by atoms with E-state index in [4.69, 9.17) is 14.2 Å². The van der Waals surface area contributed by atoms with E-state index in [1.54, 1.807) is 0 Å². The van der Waals surface area contributed by atoms with Crippen molar-refractivity contribution in [2.45, 2.75) is 0 Å². The minimum atomic E-state index is -0.634. The highest BCUT2D eigenvalue weighted by Crippen LogP contribution is 2.48. The van der Waals surface area contributed by atoms with Crippen molar-refractivity contribution < 1.29 is 23.8 Å². The number of hydrogen-bond donors (Lipinski definition) is 0. The number of carbonyl (C=O) groups excluding carboxylic acids is 2. The van der Waals surface area contributed by atoms with Crippen molar-refractivity contribution in [1.82, 2.24) is 4.57 Å². The lowest BCUT2D eigenvalue weighted by molar-refractivity contribution is 0.0558. The van der Waals surface area contributed by atoms with Crippen molar-refractivity contribution in [2.75, 3.05) is 14.2 Å². The Balaban J connectivity index is 2.05. The summed E-state index contributed by atoms with van der Waals surface area (Å²) in [6, 6.07) is 24.3. The van der Waals surface area contributed by atoms with Gasteiger partial charge in [-0.05, 0) is 29.8 Å². The average molecular weight is 425 g/mol. The number of esters is 2. The molecule has 0 saturated carbocycles. The van der Waals surface area contributed by atoms with Crippen molar-refractivity contribution >= 4 is 11.9 Å². The molecule has 2 heterocycles. The van der Waals surface area contributed by atoms with Crippen LogP contribution in [-0.4, -0.2) is 30.7 Å². The lowest BCUT2D eigenvalue weighted by atomic mass is 10.0. The van der Waals surface area contributed by atoms with Crippen molar-refractivity contribution in [3.05, 3.63) is 90.0 Å². The molecule has 1 aliphatic rings. The van der Waals surface area contributed by atoms with Gasteiger partial charge in [-0.2, -0.15) is 0 Å². The molecule has 0 aliphatic carbocycles. The van der Waals surface area contributed by atoms with Crippen molar-refractivity contribution in [2.24, 2.45) is 0 Å². The Morgan fingerprint density at radius 2 is 1.25 bits per heavy atom. The summed E-state index contributed by atoms with van der Waals surface area (Å²) < 4.78 is 18.4. The molecule has 1 aliphatic heterocycles. The number of methoxy groups -OCH3 is 2. The molecule has 0 bridgehead atoms. The van der Waals surface area contributed by atoms with Gasteiger partial charge in [-0.25, -0.2) is 9.59 Å². The van der Waals surface area contributed by atoms with E-state index in [1.807, 2.05) is 83.4 Å². The summed E-state index contributed by atoms with van der Waals surface area (Å²) in [6.45, 7) is 0. The Kier molecular flexibility index (Phi) is 4.75. The molecule has 3 aromatic carbocycles. The zero-order valence-corrected chi connectivity index (χ0v) is 17.5. The minimum Gasteiger partial charge on any atom is -0.465 e. The standard InChI is InChI=1S/C26H19NO5/c1-30-25(28)21-22(26(29)31-2)24-17-12-6-8-14-19(17)32-20-15-9-7-13-18(20)27(24)23(21)16-10-4-3-5-11-16/h3-15H,1-2H3. The zero-order valence-electron chi connectivity index (χ0n) is 17.5. The second kappa shape index (κ2) is 7.74. The Morgan fingerprint density at radius 1 is 0.688 bits per heavy atom. The molecule has 4 aromatic rings. The van der Waals surface area contributed by atoms with Gasteiger partial charge >= 0.3 is 11.9 Å². The van der Waals surface area contributed by atoms with Gasteiger partial charge in [0.05, 0.1) is 31.3 Å². The lowest BCUT2D eigenvalue weighted by Gasteiger charge is -2.14. The smallest absolute Gasteiger partial charge is 0.340 e. The van der Waals surface area contributed by atoms with Crippen LogP contribution in [0.5, 0.6) is 11.5 Å². The van der Waals surface area contributed by atoms with Crippen molar-refractivity contribution in [3.8, 4) is 39.7 Å². The van der Waals surface area contributed by atoms with E-state index in [-0.39, 0.29) is 11.1 Å². The normalized spacial score (nSPS) is 11.3. The van der Waals surface area contributed by atoms with E-state index < -0.39 is 11.9 Å². The summed E-state index contributed by atoms with van der Waals surface area (Å²) in [7, 11) is 2.59. The zero-order chi connectivity index (χ0) is 22.2. The number of benzene rings is 3. The molecule has 0 spiro atoms. The first-order chi connectivity index (χ1) is 15.7. The van der Waals surface area contributed by atoms with Crippen LogP contribution in [0.1, 0.15) is 20.7 Å². The second-order valence-corrected chi connectivity index (χ2v) is 7.20. The molecular formula is C26H19NO5. The first-order valence-electron chi connectivity index (χ1n) is 10.0. The molecule has 0 N–H and O–H groups in total. The summed E-state index contributed by atoms with van der Waals surface area (Å²) in [5, 5.41) is 0. The fourth-order valence-electron chi connectivity index (χ4n) is 4.14. The molecule has 0 fully saturated rings. The predicted octanol–water partition coefficient (Wildman–Crippen LogP) is 5.49. The number of ether oxygens (including phenoxy) is 3. The van der Waals surface area contributed by atoms with Gasteiger partial charge in [0.25, 0.3) is 0 Å². The van der Waals surface area contributed by atoms with Crippen LogP contribution in [0.15, 0.2) is 78.9 Å². The third-order valence-electron chi connectivity index (χ3n) is 5.47. The van der Waals surface area contributed by atoms with Gasteiger partial charge in [0.15, 0.2) is 5.75 Å². The maximum atomic E-state index is 13.1. The first-order valence-corrected chi connectivity index (χ1v) is 10.0. The number of aromatic nitrogens is 1. The first kappa shape index (κ1) is 19.6. The average Bonchev–Trinajstić information content (AvgIpc) is 3.12. The molecule has 0 radical (unpaired) electrons. The number of para-hydroxylation sites is 3. The Morgan fingerprint density at radius 3 is 1.94 bits per heavy atom. The largest absolute Gasteiger partial charge is 0.465 e. The van der Waals surface area contributed by atoms with Crippen molar-refractivity contribution in [3.63, 3.8) is 0 Å². The Hall–Kier alpha value is -4.32. The maximum absolute atomic E-state index is 13.1. The van der Waals surface area contributed by atoms with Crippen LogP contribution in [0, 0.1) is 0 Å². The lowest BCUT2D eigenvalue weighted by Crippen LogP contribution is -2.11. The van der Waals surface area contributed by atoms with Gasteiger partial charge in [-0.15, -0.1) is 0 Å². The van der Waals surface area contributed by atoms with E-state index in [9.17, 15) is 9.59 Å². The van der Waals surface area contributed by atoms with Gasteiger partial charge in [-0.3, -0.25) is 0 Å². The third-order valence-corrected chi connectivity index (χ3v) is 5.47. The quantitative estimate of drug-likeness (QED) is 0.358. The fraction of sp³-hybridized carbons (Fsp3) is 0.0769. The van der Waals surface area contributed by atoms with Gasteiger partial charge in [-0.1, -0.05) is 54.6 Å². The molecular weight excluding hydrogens is 406 g/mol. The van der Waals surface area contributed by atoms with E-state index in [2.05, 4.69) is 0 Å². The Labute approximate surface area is 184 Å². The number of fused-ring (bicyclic) bond motifs is 5. The molecule has 158 valence electrons. The molecule has 0 saturated heterocycles. The van der Waals surface area contributed by atoms with Crippen LogP contribution >= 0.6 is 0 Å².